The van der Waals surface area contributed by atoms with E-state index in [0.717, 1.165) is 11.1 Å². The van der Waals surface area contributed by atoms with Gasteiger partial charge in [0.15, 0.2) is 0 Å². The molecule has 194 valence electrons. The molecule has 3 heterocycles. The van der Waals surface area contributed by atoms with Crippen molar-refractivity contribution in [3.8, 4) is 5.75 Å². The summed E-state index contributed by atoms with van der Waals surface area (Å²) in [6.07, 6.45) is 3.77. The molecule has 38 heavy (non-hydrogen) atoms. The van der Waals surface area contributed by atoms with E-state index in [4.69, 9.17) is 9.47 Å². The monoisotopic (exact) mass is 547 g/mol. The van der Waals surface area contributed by atoms with Gasteiger partial charge in [-0.3, -0.25) is 14.5 Å². The van der Waals surface area contributed by atoms with Crippen molar-refractivity contribution in [2.75, 3.05) is 7.11 Å². The Labute approximate surface area is 228 Å². The summed E-state index contributed by atoms with van der Waals surface area (Å²) in [7, 11) is 1.58. The maximum Gasteiger partial charge on any atom is 0.355 e. The van der Waals surface area contributed by atoms with Crippen molar-refractivity contribution in [3.63, 3.8) is 0 Å². The molecule has 1 aromatic heterocycles. The third-order valence-electron chi connectivity index (χ3n) is 6.23. The number of aromatic nitrogens is 1. The number of nitrogens with zero attached hydrogens (tertiary/aromatic N) is 2. The van der Waals surface area contributed by atoms with E-state index < -0.39 is 10.8 Å². The van der Waals surface area contributed by atoms with Gasteiger partial charge >= 0.3 is 5.97 Å². The summed E-state index contributed by atoms with van der Waals surface area (Å²) in [5.41, 5.74) is 2.80. The Morgan fingerprint density at radius 1 is 1.13 bits per heavy atom. The topological polar surface area (TPSA) is 97.8 Å². The SMILES string of the molecule is COc1ccc(COC(=O)C2=C(/C=C/c3ccsn3)C(NC(C)=O)(c3ccccc3)S[C@@H]3CC(=O)N23)cc1. The highest BCUT2D eigenvalue weighted by molar-refractivity contribution is 8.01. The molecule has 0 spiro atoms. The molecule has 2 amide bonds. The smallest absolute Gasteiger partial charge is 0.355 e. The predicted molar refractivity (Wildman–Crippen MR) is 146 cm³/mol. The van der Waals surface area contributed by atoms with E-state index in [1.807, 2.05) is 53.9 Å². The van der Waals surface area contributed by atoms with Gasteiger partial charge in [0.2, 0.25) is 11.8 Å². The van der Waals surface area contributed by atoms with Crippen LogP contribution in [0.2, 0.25) is 0 Å². The number of fused-ring (bicyclic) bond motifs is 1. The van der Waals surface area contributed by atoms with Crippen LogP contribution in [0.25, 0.3) is 6.08 Å². The average molecular weight is 548 g/mol. The first-order valence-electron chi connectivity index (χ1n) is 11.9. The van der Waals surface area contributed by atoms with Crippen LogP contribution < -0.4 is 10.1 Å². The molecule has 1 unspecified atom stereocenters. The molecule has 0 bridgehead atoms. The zero-order valence-electron chi connectivity index (χ0n) is 20.7. The lowest BCUT2D eigenvalue weighted by molar-refractivity contribution is -0.150. The van der Waals surface area contributed by atoms with Crippen molar-refractivity contribution in [3.05, 3.63) is 100 Å². The molecular weight excluding hydrogens is 522 g/mol. The number of thioether (sulfide) groups is 1. The van der Waals surface area contributed by atoms with Crippen molar-refractivity contribution < 1.29 is 23.9 Å². The van der Waals surface area contributed by atoms with Crippen LogP contribution >= 0.6 is 23.3 Å². The van der Waals surface area contributed by atoms with Gasteiger partial charge in [-0.2, -0.15) is 4.37 Å². The molecule has 10 heteroatoms. The predicted octanol–water partition coefficient (Wildman–Crippen LogP) is 4.46. The highest BCUT2D eigenvalue weighted by atomic mass is 32.2. The van der Waals surface area contributed by atoms with Gasteiger partial charge in [0.05, 0.1) is 24.6 Å². The highest BCUT2D eigenvalue weighted by Crippen LogP contribution is 2.54. The summed E-state index contributed by atoms with van der Waals surface area (Å²) in [4.78, 5) is 39.5. The molecule has 2 atom stereocenters. The fraction of sp³-hybridized carbons (Fsp3) is 0.214. The zero-order chi connectivity index (χ0) is 26.7. The molecule has 5 rings (SSSR count). The molecule has 2 aliphatic heterocycles. The second-order valence-corrected chi connectivity index (χ2v) is 10.8. The maximum absolute atomic E-state index is 13.7. The number of carbonyl (C=O) groups is 3. The highest BCUT2D eigenvalue weighted by Gasteiger charge is 2.55. The summed E-state index contributed by atoms with van der Waals surface area (Å²) >= 11 is 2.73. The summed E-state index contributed by atoms with van der Waals surface area (Å²) in [6.45, 7) is 1.45. The summed E-state index contributed by atoms with van der Waals surface area (Å²) in [5, 5.41) is 4.61. The minimum Gasteiger partial charge on any atom is -0.497 e. The first kappa shape index (κ1) is 25.7. The van der Waals surface area contributed by atoms with Crippen molar-refractivity contribution in [2.24, 2.45) is 0 Å². The quantitative estimate of drug-likeness (QED) is 0.329. The number of rotatable bonds is 8. The number of amides is 2. The van der Waals surface area contributed by atoms with Crippen LogP contribution in [0, 0.1) is 0 Å². The second kappa shape index (κ2) is 10.8. The average Bonchev–Trinajstić information content (AvgIpc) is 3.44. The van der Waals surface area contributed by atoms with Gasteiger partial charge in [-0.25, -0.2) is 4.79 Å². The molecule has 2 aliphatic rings. The molecule has 1 saturated heterocycles. The largest absolute Gasteiger partial charge is 0.497 e. The van der Waals surface area contributed by atoms with E-state index in [1.165, 1.54) is 35.1 Å². The number of carbonyl (C=O) groups excluding carboxylic acids is 3. The Bertz CT molecular complexity index is 1400. The Morgan fingerprint density at radius 3 is 2.53 bits per heavy atom. The third-order valence-corrected chi connectivity index (χ3v) is 8.36. The summed E-state index contributed by atoms with van der Waals surface area (Å²) in [6, 6.07) is 18.5. The Balaban J connectivity index is 1.63. The normalized spacial score (nSPS) is 20.6. The Kier molecular flexibility index (Phi) is 7.35. The third kappa shape index (κ3) is 4.97. The fourth-order valence-corrected chi connectivity index (χ4v) is 6.68. The van der Waals surface area contributed by atoms with Crippen LogP contribution in [0.3, 0.4) is 0 Å². The first-order valence-corrected chi connectivity index (χ1v) is 13.6. The maximum atomic E-state index is 13.7. The molecule has 3 aromatic rings. The van der Waals surface area contributed by atoms with Gasteiger partial charge in [0.25, 0.3) is 0 Å². The second-order valence-electron chi connectivity index (χ2n) is 8.71. The molecule has 0 radical (unpaired) electrons. The molecule has 0 saturated carbocycles. The van der Waals surface area contributed by atoms with E-state index in [1.54, 1.807) is 31.4 Å². The number of benzene rings is 2. The van der Waals surface area contributed by atoms with E-state index in [9.17, 15) is 14.4 Å². The van der Waals surface area contributed by atoms with Gasteiger partial charge in [-0.05, 0) is 46.9 Å². The van der Waals surface area contributed by atoms with E-state index in [-0.39, 0.29) is 35.9 Å². The van der Waals surface area contributed by atoms with Crippen molar-refractivity contribution >= 4 is 47.2 Å². The number of esters is 1. The minimum absolute atomic E-state index is 0.00766. The lowest BCUT2D eigenvalue weighted by Gasteiger charge is -2.51. The number of ether oxygens (including phenoxy) is 2. The van der Waals surface area contributed by atoms with Crippen molar-refractivity contribution in [1.82, 2.24) is 14.6 Å². The number of hydrogen-bond donors (Lipinski definition) is 1. The lowest BCUT2D eigenvalue weighted by atomic mass is 9.92. The Hall–Kier alpha value is -3.89. The van der Waals surface area contributed by atoms with E-state index in [2.05, 4.69) is 9.69 Å². The van der Waals surface area contributed by atoms with E-state index >= 15 is 0 Å². The van der Waals surface area contributed by atoms with Crippen LogP contribution in [0.15, 0.2) is 83.4 Å². The number of nitrogens with one attached hydrogen (secondary N) is 1. The van der Waals surface area contributed by atoms with Gasteiger partial charge in [-0.15, -0.1) is 0 Å². The summed E-state index contributed by atoms with van der Waals surface area (Å²) < 4.78 is 15.3. The standard InChI is InChI=1S/C28H25N3O5S2/c1-18(32)29-28(20-6-4-3-5-7-20)23(13-10-21-14-15-37-30-21)26(31-24(33)16-25(31)38-28)27(34)36-17-19-8-11-22(35-2)12-9-19/h3-15,25H,16-17H2,1-2H3,(H,29,32)/b13-10+/t25-,28?/m1/s1. The van der Waals surface area contributed by atoms with Gasteiger partial charge < -0.3 is 14.8 Å². The van der Waals surface area contributed by atoms with Crippen LogP contribution in [-0.4, -0.2) is 39.5 Å². The molecule has 1 N–H and O–H groups in total. The van der Waals surface area contributed by atoms with Gasteiger partial charge in [-0.1, -0.05) is 60.3 Å². The fourth-order valence-electron chi connectivity index (χ4n) is 4.45. The van der Waals surface area contributed by atoms with Crippen molar-refractivity contribution in [1.29, 1.82) is 0 Å². The number of β-lactam (4-membered cyclic amide) rings is 1. The Morgan fingerprint density at radius 2 is 1.89 bits per heavy atom. The molecule has 1 fully saturated rings. The number of hydrogen-bond acceptors (Lipinski definition) is 8. The van der Waals surface area contributed by atoms with Crippen molar-refractivity contribution in [2.45, 2.75) is 30.2 Å². The molecular formula is C28H25N3O5S2. The molecule has 2 aromatic carbocycles. The van der Waals surface area contributed by atoms with Crippen LogP contribution in [0.1, 0.15) is 30.2 Å². The van der Waals surface area contributed by atoms with E-state index in [0.29, 0.717) is 17.0 Å². The van der Waals surface area contributed by atoms with Crippen LogP contribution in [-0.2, 0) is 30.6 Å². The molecule has 8 nitrogen and oxygen atoms in total. The number of methoxy groups -OCH3 is 1. The first-order chi connectivity index (χ1) is 18.4. The lowest BCUT2D eigenvalue weighted by Crippen LogP contribution is -2.60. The van der Waals surface area contributed by atoms with Crippen LogP contribution in [0.4, 0.5) is 0 Å². The molecule has 0 aliphatic carbocycles. The minimum atomic E-state index is -1.13. The van der Waals surface area contributed by atoms with Gasteiger partial charge in [0, 0.05) is 17.9 Å². The summed E-state index contributed by atoms with van der Waals surface area (Å²) in [5.74, 6) is -0.407. The van der Waals surface area contributed by atoms with Gasteiger partial charge in [0.1, 0.15) is 22.9 Å². The van der Waals surface area contributed by atoms with Crippen LogP contribution in [0.5, 0.6) is 5.75 Å². The zero-order valence-corrected chi connectivity index (χ0v) is 22.4.